The Labute approximate surface area is 125 Å². The highest BCUT2D eigenvalue weighted by Crippen LogP contribution is 2.21. The molecule has 1 aliphatic heterocycles. The van der Waals surface area contributed by atoms with Crippen molar-refractivity contribution in [3.8, 4) is 0 Å². The lowest BCUT2D eigenvalue weighted by atomic mass is 10.2. The Hall–Kier alpha value is -2.36. The van der Waals surface area contributed by atoms with Crippen molar-refractivity contribution in [2.45, 2.75) is 32.1 Å². The van der Waals surface area contributed by atoms with Gasteiger partial charge in [0.05, 0.1) is 6.54 Å². The summed E-state index contributed by atoms with van der Waals surface area (Å²) in [7, 11) is 0. The van der Waals surface area contributed by atoms with E-state index in [4.69, 9.17) is 4.52 Å². The molecular formula is C12H16FN7O2. The Bertz CT molecular complexity index is 629. The second-order valence-corrected chi connectivity index (χ2v) is 5.19. The molecule has 118 valence electrons. The van der Waals surface area contributed by atoms with Gasteiger partial charge in [-0.1, -0.05) is 5.16 Å². The molecule has 2 aromatic rings. The molecule has 10 heteroatoms. The van der Waals surface area contributed by atoms with Gasteiger partial charge in [0.1, 0.15) is 12.5 Å². The molecule has 0 unspecified atom stereocenters. The first kappa shape index (κ1) is 14.6. The fourth-order valence-corrected chi connectivity index (χ4v) is 2.52. The van der Waals surface area contributed by atoms with Crippen LogP contribution in [0.4, 0.5) is 4.39 Å². The van der Waals surface area contributed by atoms with Crippen LogP contribution in [-0.4, -0.2) is 61.4 Å². The van der Waals surface area contributed by atoms with Crippen molar-refractivity contribution in [2.24, 2.45) is 0 Å². The Kier molecular flexibility index (Phi) is 4.09. The lowest BCUT2D eigenvalue weighted by Gasteiger charge is -2.22. The maximum atomic E-state index is 13.7. The van der Waals surface area contributed by atoms with Crippen molar-refractivity contribution in [1.29, 1.82) is 0 Å². The fourth-order valence-electron chi connectivity index (χ4n) is 2.52. The molecule has 2 atom stereocenters. The number of aryl methyl sites for hydroxylation is 1. The molecule has 0 saturated carbocycles. The number of halogens is 1. The highest BCUT2D eigenvalue weighted by atomic mass is 19.1. The number of hydrogen-bond donors (Lipinski definition) is 2. The van der Waals surface area contributed by atoms with E-state index >= 15 is 0 Å². The molecular weight excluding hydrogens is 293 g/mol. The quantitative estimate of drug-likeness (QED) is 0.789. The van der Waals surface area contributed by atoms with E-state index in [1.54, 1.807) is 6.92 Å². The highest BCUT2D eigenvalue weighted by Gasteiger charge is 2.33. The summed E-state index contributed by atoms with van der Waals surface area (Å²) in [6.45, 7) is 2.70. The first-order valence-electron chi connectivity index (χ1n) is 6.92. The third-order valence-corrected chi connectivity index (χ3v) is 3.52. The number of aromatic nitrogens is 5. The molecule has 1 saturated heterocycles. The minimum absolute atomic E-state index is 0.124. The van der Waals surface area contributed by atoms with E-state index in [9.17, 15) is 9.18 Å². The molecule has 2 N–H and O–H groups in total. The Morgan fingerprint density at radius 1 is 1.64 bits per heavy atom. The van der Waals surface area contributed by atoms with Crippen molar-refractivity contribution in [1.82, 2.24) is 35.5 Å². The third-order valence-electron chi connectivity index (χ3n) is 3.52. The van der Waals surface area contributed by atoms with Gasteiger partial charge in [-0.2, -0.15) is 10.1 Å². The summed E-state index contributed by atoms with van der Waals surface area (Å²) in [5.74, 6) is 0.754. The average molecular weight is 309 g/mol. The van der Waals surface area contributed by atoms with Crippen LogP contribution in [0.3, 0.4) is 0 Å². The number of likely N-dealkylation sites (tertiary alicyclic amines) is 1. The molecule has 3 rings (SSSR count). The SMILES string of the molecule is Cc1nc(CN2C[C@@H](F)C[C@H]2CNC(=O)c2ncn[nH]2)no1. The molecule has 0 radical (unpaired) electrons. The first-order valence-corrected chi connectivity index (χ1v) is 6.92. The maximum Gasteiger partial charge on any atom is 0.288 e. The van der Waals surface area contributed by atoms with Gasteiger partial charge in [-0.3, -0.25) is 14.8 Å². The molecule has 9 nitrogen and oxygen atoms in total. The lowest BCUT2D eigenvalue weighted by Crippen LogP contribution is -2.40. The Morgan fingerprint density at radius 3 is 3.18 bits per heavy atom. The number of H-pyrrole nitrogens is 1. The van der Waals surface area contributed by atoms with Crippen LogP contribution >= 0.6 is 0 Å². The van der Waals surface area contributed by atoms with Crippen LogP contribution in [0.2, 0.25) is 0 Å². The second kappa shape index (κ2) is 6.18. The Balaban J connectivity index is 1.57. The summed E-state index contributed by atoms with van der Waals surface area (Å²) in [5.41, 5.74) is 0. The molecule has 0 aliphatic carbocycles. The zero-order valence-electron chi connectivity index (χ0n) is 12.0. The van der Waals surface area contributed by atoms with Crippen molar-refractivity contribution in [2.75, 3.05) is 13.1 Å². The van der Waals surface area contributed by atoms with E-state index in [1.807, 2.05) is 4.90 Å². The minimum atomic E-state index is -0.930. The van der Waals surface area contributed by atoms with Gasteiger partial charge in [-0.15, -0.1) is 0 Å². The van der Waals surface area contributed by atoms with Crippen molar-refractivity contribution in [3.05, 3.63) is 23.9 Å². The van der Waals surface area contributed by atoms with E-state index in [-0.39, 0.29) is 24.3 Å². The summed E-state index contributed by atoms with van der Waals surface area (Å²) in [6, 6.07) is -0.124. The molecule has 0 spiro atoms. The summed E-state index contributed by atoms with van der Waals surface area (Å²) in [6.07, 6.45) is 0.681. The highest BCUT2D eigenvalue weighted by molar-refractivity contribution is 5.90. The first-order chi connectivity index (χ1) is 10.6. The summed E-state index contributed by atoms with van der Waals surface area (Å²) in [5, 5.41) is 12.6. The van der Waals surface area contributed by atoms with Crippen LogP contribution in [0, 0.1) is 6.92 Å². The summed E-state index contributed by atoms with van der Waals surface area (Å²) < 4.78 is 18.6. The number of alkyl halides is 1. The number of aromatic amines is 1. The molecule has 22 heavy (non-hydrogen) atoms. The normalized spacial score (nSPS) is 22.1. The average Bonchev–Trinajstić information content (AvgIpc) is 3.19. The van der Waals surface area contributed by atoms with E-state index in [2.05, 4.69) is 30.6 Å². The van der Waals surface area contributed by atoms with Gasteiger partial charge in [-0.05, 0) is 6.42 Å². The van der Waals surface area contributed by atoms with Crippen LogP contribution in [0.15, 0.2) is 10.9 Å². The van der Waals surface area contributed by atoms with Crippen LogP contribution in [-0.2, 0) is 6.54 Å². The largest absolute Gasteiger partial charge is 0.348 e. The number of carbonyl (C=O) groups excluding carboxylic acids is 1. The van der Waals surface area contributed by atoms with Crippen LogP contribution in [0.1, 0.15) is 28.8 Å². The third kappa shape index (κ3) is 3.27. The molecule has 1 fully saturated rings. The number of amides is 1. The van der Waals surface area contributed by atoms with Crippen molar-refractivity contribution < 1.29 is 13.7 Å². The summed E-state index contributed by atoms with van der Waals surface area (Å²) >= 11 is 0. The molecule has 0 bridgehead atoms. The number of carbonyl (C=O) groups is 1. The van der Waals surface area contributed by atoms with Crippen LogP contribution in [0.5, 0.6) is 0 Å². The van der Waals surface area contributed by atoms with Gasteiger partial charge in [0.25, 0.3) is 5.91 Å². The fraction of sp³-hybridized carbons (Fsp3) is 0.583. The molecule has 1 aliphatic rings. The van der Waals surface area contributed by atoms with Crippen LogP contribution < -0.4 is 5.32 Å². The minimum Gasteiger partial charge on any atom is -0.348 e. The second-order valence-electron chi connectivity index (χ2n) is 5.19. The maximum absolute atomic E-state index is 13.7. The number of rotatable bonds is 5. The topological polar surface area (TPSA) is 113 Å². The van der Waals surface area contributed by atoms with E-state index < -0.39 is 6.17 Å². The zero-order valence-corrected chi connectivity index (χ0v) is 12.0. The van der Waals surface area contributed by atoms with E-state index in [1.165, 1.54) is 6.33 Å². The Morgan fingerprint density at radius 2 is 2.50 bits per heavy atom. The van der Waals surface area contributed by atoms with Gasteiger partial charge >= 0.3 is 0 Å². The van der Waals surface area contributed by atoms with Gasteiger partial charge in [0, 0.05) is 26.1 Å². The van der Waals surface area contributed by atoms with Crippen LogP contribution in [0.25, 0.3) is 0 Å². The number of nitrogens with zero attached hydrogens (tertiary/aromatic N) is 5. The standard InChI is InChI=1S/C12H16FN7O2/c1-7-17-10(19-22-7)5-20-4-8(13)2-9(20)3-14-12(21)11-15-6-16-18-11/h6,8-9H,2-5H2,1H3,(H,14,21)(H,15,16,18)/t8-,9-/m0/s1. The molecule has 2 aromatic heterocycles. The monoisotopic (exact) mass is 309 g/mol. The lowest BCUT2D eigenvalue weighted by molar-refractivity contribution is 0.0929. The predicted molar refractivity (Wildman–Crippen MR) is 71.5 cm³/mol. The molecule has 0 aromatic carbocycles. The van der Waals surface area contributed by atoms with Crippen molar-refractivity contribution >= 4 is 5.91 Å². The van der Waals surface area contributed by atoms with Gasteiger partial charge < -0.3 is 9.84 Å². The number of nitrogens with one attached hydrogen (secondary N) is 2. The molecule has 1 amide bonds. The summed E-state index contributed by atoms with van der Waals surface area (Å²) in [4.78, 5) is 21.6. The van der Waals surface area contributed by atoms with Crippen molar-refractivity contribution in [3.63, 3.8) is 0 Å². The van der Waals surface area contributed by atoms with Gasteiger partial charge in [0.15, 0.2) is 5.82 Å². The van der Waals surface area contributed by atoms with E-state index in [0.29, 0.717) is 31.2 Å². The molecule has 3 heterocycles. The van der Waals surface area contributed by atoms with Gasteiger partial charge in [0.2, 0.25) is 11.7 Å². The smallest absolute Gasteiger partial charge is 0.288 e. The zero-order chi connectivity index (χ0) is 15.5. The van der Waals surface area contributed by atoms with Gasteiger partial charge in [-0.25, -0.2) is 9.37 Å². The number of hydrogen-bond acceptors (Lipinski definition) is 7. The van der Waals surface area contributed by atoms with E-state index in [0.717, 1.165) is 0 Å². The predicted octanol–water partition coefficient (Wildman–Crippen LogP) is -0.161.